The van der Waals surface area contributed by atoms with E-state index in [9.17, 15) is 4.79 Å². The number of carbonyl (C=O) groups excluding carboxylic acids is 1. The molecule has 0 heterocycles. The Morgan fingerprint density at radius 2 is 1.83 bits per heavy atom. The molecule has 1 fully saturated rings. The van der Waals surface area contributed by atoms with Crippen LogP contribution in [0.3, 0.4) is 0 Å². The molecule has 3 nitrogen and oxygen atoms in total. The largest absolute Gasteiger partial charge is 0.369 e. The predicted molar refractivity (Wildman–Crippen MR) is 55.3 cm³/mol. The van der Waals surface area contributed by atoms with Crippen molar-refractivity contribution < 1.29 is 4.79 Å². The van der Waals surface area contributed by atoms with Gasteiger partial charge in [0.25, 0.3) is 0 Å². The summed E-state index contributed by atoms with van der Waals surface area (Å²) in [5.74, 6) is -0.281. The van der Waals surface area contributed by atoms with Gasteiger partial charge in [0.1, 0.15) is 0 Å². The first-order chi connectivity index (χ1) is 5.52. The summed E-state index contributed by atoms with van der Waals surface area (Å²) in [7, 11) is 0. The Kier molecular flexibility index (Phi) is 3.17. The molecule has 12 heavy (non-hydrogen) atoms. The van der Waals surface area contributed by atoms with Crippen LogP contribution in [0.2, 0.25) is 0 Å². The molecule has 2 unspecified atom stereocenters. The van der Waals surface area contributed by atoms with Crippen LogP contribution in [0.4, 0.5) is 0 Å². The number of carbonyl (C=O) groups is 1. The molecule has 3 atom stereocenters. The van der Waals surface area contributed by atoms with Crippen LogP contribution < -0.4 is 11.5 Å². The third-order valence-corrected chi connectivity index (χ3v) is 5.11. The van der Waals surface area contributed by atoms with E-state index in [0.29, 0.717) is 16.2 Å². The standard InChI is InChI=1S/C7H12Br2N2O/c8-4-1-7(3-10,6(11)12)2-5(4)9/h4-5H,1-3,10H2,(H2,11,12)/t4-,5?,7?/m0/s1. The van der Waals surface area contributed by atoms with E-state index in [4.69, 9.17) is 11.5 Å². The van der Waals surface area contributed by atoms with Gasteiger partial charge in [0.15, 0.2) is 0 Å². The van der Waals surface area contributed by atoms with Gasteiger partial charge in [-0.15, -0.1) is 0 Å². The summed E-state index contributed by atoms with van der Waals surface area (Å²) < 4.78 is 0. The van der Waals surface area contributed by atoms with Crippen molar-refractivity contribution in [1.29, 1.82) is 0 Å². The molecule has 0 radical (unpaired) electrons. The van der Waals surface area contributed by atoms with Crippen molar-refractivity contribution in [3.05, 3.63) is 0 Å². The van der Waals surface area contributed by atoms with E-state index >= 15 is 0 Å². The highest BCUT2D eigenvalue weighted by Gasteiger charge is 2.46. The third kappa shape index (κ3) is 1.67. The molecule has 0 bridgehead atoms. The summed E-state index contributed by atoms with van der Waals surface area (Å²) in [5.41, 5.74) is 10.4. The highest BCUT2D eigenvalue weighted by molar-refractivity contribution is 9.12. The second-order valence-corrected chi connectivity index (χ2v) is 5.64. The normalized spacial score (nSPS) is 41.6. The fourth-order valence-corrected chi connectivity index (χ4v) is 3.17. The molecule has 70 valence electrons. The number of amides is 1. The lowest BCUT2D eigenvalue weighted by atomic mass is 9.86. The van der Waals surface area contributed by atoms with E-state index in [-0.39, 0.29) is 5.91 Å². The van der Waals surface area contributed by atoms with Gasteiger partial charge >= 0.3 is 0 Å². The van der Waals surface area contributed by atoms with E-state index in [0.717, 1.165) is 12.8 Å². The molecule has 0 aromatic heterocycles. The first-order valence-electron chi connectivity index (χ1n) is 3.80. The Labute approximate surface area is 88.5 Å². The highest BCUT2D eigenvalue weighted by atomic mass is 79.9. The lowest BCUT2D eigenvalue weighted by Gasteiger charge is -2.22. The van der Waals surface area contributed by atoms with Crippen molar-refractivity contribution in [2.75, 3.05) is 6.54 Å². The molecule has 4 N–H and O–H groups in total. The summed E-state index contributed by atoms with van der Waals surface area (Å²) in [5, 5.41) is 0. The molecule has 1 aliphatic rings. The summed E-state index contributed by atoms with van der Waals surface area (Å²) in [6, 6.07) is 0. The molecule has 1 amide bonds. The van der Waals surface area contributed by atoms with Crippen LogP contribution in [0.5, 0.6) is 0 Å². The molecule has 1 aliphatic carbocycles. The van der Waals surface area contributed by atoms with E-state index in [1.54, 1.807) is 0 Å². The van der Waals surface area contributed by atoms with E-state index in [2.05, 4.69) is 31.9 Å². The SMILES string of the molecule is NCC1(C(N)=O)CC(Br)[C@@H](Br)C1. The minimum absolute atomic E-state index is 0.281. The fourth-order valence-electron chi connectivity index (χ4n) is 1.55. The minimum Gasteiger partial charge on any atom is -0.369 e. The van der Waals surface area contributed by atoms with Crippen LogP contribution in [0.1, 0.15) is 12.8 Å². The number of hydrogen-bond acceptors (Lipinski definition) is 2. The van der Waals surface area contributed by atoms with Crippen LogP contribution >= 0.6 is 31.9 Å². The first-order valence-corrected chi connectivity index (χ1v) is 5.63. The van der Waals surface area contributed by atoms with E-state index in [1.165, 1.54) is 0 Å². The lowest BCUT2D eigenvalue weighted by molar-refractivity contribution is -0.126. The van der Waals surface area contributed by atoms with Crippen molar-refractivity contribution in [1.82, 2.24) is 0 Å². The van der Waals surface area contributed by atoms with Crippen LogP contribution in [-0.4, -0.2) is 22.1 Å². The molecule has 0 spiro atoms. The minimum atomic E-state index is -0.498. The van der Waals surface area contributed by atoms with Crippen LogP contribution in [-0.2, 0) is 4.79 Å². The summed E-state index contributed by atoms with van der Waals surface area (Å²) in [4.78, 5) is 11.7. The molecule has 5 heteroatoms. The molecule has 1 rings (SSSR count). The molecule has 0 saturated heterocycles. The van der Waals surface area contributed by atoms with Crippen molar-refractivity contribution in [3.8, 4) is 0 Å². The second-order valence-electron chi connectivity index (χ2n) is 3.29. The van der Waals surface area contributed by atoms with Crippen LogP contribution in [0, 0.1) is 5.41 Å². The summed E-state index contributed by atoms with van der Waals surface area (Å²) in [6.07, 6.45) is 1.46. The first kappa shape index (κ1) is 10.5. The number of alkyl halides is 2. The van der Waals surface area contributed by atoms with Crippen molar-refractivity contribution in [2.45, 2.75) is 22.5 Å². The van der Waals surface area contributed by atoms with Crippen molar-refractivity contribution in [2.24, 2.45) is 16.9 Å². The van der Waals surface area contributed by atoms with Gasteiger partial charge in [-0.05, 0) is 12.8 Å². The molecule has 0 aromatic carbocycles. The number of primary amides is 1. The van der Waals surface area contributed by atoms with Crippen LogP contribution in [0.25, 0.3) is 0 Å². The highest BCUT2D eigenvalue weighted by Crippen LogP contribution is 2.44. The zero-order valence-corrected chi connectivity index (χ0v) is 9.77. The van der Waals surface area contributed by atoms with Gasteiger partial charge in [0.2, 0.25) is 5.91 Å². The smallest absolute Gasteiger partial charge is 0.225 e. The number of rotatable bonds is 2. The number of halogens is 2. The third-order valence-electron chi connectivity index (χ3n) is 2.48. The number of nitrogens with two attached hydrogens (primary N) is 2. The zero-order valence-electron chi connectivity index (χ0n) is 6.59. The fraction of sp³-hybridized carbons (Fsp3) is 0.857. The maximum absolute atomic E-state index is 11.1. The maximum Gasteiger partial charge on any atom is 0.225 e. The van der Waals surface area contributed by atoms with Crippen molar-refractivity contribution in [3.63, 3.8) is 0 Å². The molecule has 0 aliphatic heterocycles. The monoisotopic (exact) mass is 298 g/mol. The zero-order chi connectivity index (χ0) is 9.35. The Morgan fingerprint density at radius 1 is 1.42 bits per heavy atom. The summed E-state index contributed by atoms with van der Waals surface area (Å²) >= 11 is 6.96. The average molecular weight is 300 g/mol. The van der Waals surface area contributed by atoms with Gasteiger partial charge in [-0.1, -0.05) is 31.9 Å². The van der Waals surface area contributed by atoms with Gasteiger partial charge in [-0.25, -0.2) is 0 Å². The van der Waals surface area contributed by atoms with Gasteiger partial charge in [0.05, 0.1) is 5.41 Å². The summed E-state index contributed by atoms with van der Waals surface area (Å²) in [6.45, 7) is 0.340. The predicted octanol–water partition coefficient (Wildman–Crippen LogP) is 0.738. The Balaban J connectivity index is 2.78. The Bertz CT molecular complexity index is 188. The topological polar surface area (TPSA) is 69.1 Å². The molecular weight excluding hydrogens is 288 g/mol. The van der Waals surface area contributed by atoms with Gasteiger partial charge in [0, 0.05) is 16.2 Å². The quantitative estimate of drug-likeness (QED) is 0.738. The molecule has 1 saturated carbocycles. The van der Waals surface area contributed by atoms with Crippen molar-refractivity contribution >= 4 is 37.8 Å². The molecular formula is C7H12Br2N2O. The second kappa shape index (κ2) is 3.64. The molecule has 0 aromatic rings. The van der Waals surface area contributed by atoms with Gasteiger partial charge in [-0.2, -0.15) is 0 Å². The van der Waals surface area contributed by atoms with Gasteiger partial charge in [-0.3, -0.25) is 4.79 Å². The van der Waals surface area contributed by atoms with E-state index in [1.807, 2.05) is 0 Å². The average Bonchev–Trinajstić information content (AvgIpc) is 2.29. The number of hydrogen-bond donors (Lipinski definition) is 2. The maximum atomic E-state index is 11.1. The Hall–Kier alpha value is 0.390. The van der Waals surface area contributed by atoms with Gasteiger partial charge < -0.3 is 11.5 Å². The van der Waals surface area contributed by atoms with E-state index < -0.39 is 5.41 Å². The lowest BCUT2D eigenvalue weighted by Crippen LogP contribution is -2.41. The van der Waals surface area contributed by atoms with Crippen LogP contribution in [0.15, 0.2) is 0 Å². The Morgan fingerprint density at radius 3 is 2.00 bits per heavy atom.